The van der Waals surface area contributed by atoms with Crippen LogP contribution in [0.1, 0.15) is 19.8 Å². The first-order valence-corrected chi connectivity index (χ1v) is 6.43. The number of hydrogen-bond acceptors (Lipinski definition) is 5. The minimum Gasteiger partial charge on any atom is -0.450 e. The van der Waals surface area contributed by atoms with Gasteiger partial charge in [-0.05, 0) is 19.1 Å². The monoisotopic (exact) mass is 262 g/mol. The first-order chi connectivity index (χ1) is 9.29. The SMILES string of the molecule is CCOC(=O)N1CCC(=NNc2ccccn2)CC1. The summed E-state index contributed by atoms with van der Waals surface area (Å²) >= 11 is 0. The molecule has 0 spiro atoms. The largest absolute Gasteiger partial charge is 0.450 e. The molecule has 0 unspecified atom stereocenters. The molecule has 1 amide bonds. The molecule has 1 fully saturated rings. The number of carbonyl (C=O) groups excluding carboxylic acids is 1. The van der Waals surface area contributed by atoms with E-state index in [0.29, 0.717) is 19.7 Å². The lowest BCUT2D eigenvalue weighted by atomic mass is 10.1. The van der Waals surface area contributed by atoms with E-state index in [1.54, 1.807) is 11.1 Å². The number of carbonyl (C=O) groups is 1. The standard InChI is InChI=1S/C13H18N4O2/c1-2-19-13(18)17-9-6-11(7-10-17)15-16-12-5-3-4-8-14-12/h3-5,8H,2,6-7,9-10H2,1H3,(H,14,16). The molecule has 2 rings (SSSR count). The van der Waals surface area contributed by atoms with Crippen LogP contribution in [0.25, 0.3) is 0 Å². The summed E-state index contributed by atoms with van der Waals surface area (Å²) in [6.45, 7) is 3.53. The van der Waals surface area contributed by atoms with Gasteiger partial charge >= 0.3 is 6.09 Å². The van der Waals surface area contributed by atoms with Gasteiger partial charge in [-0.1, -0.05) is 6.07 Å². The van der Waals surface area contributed by atoms with Crippen LogP contribution in [0.2, 0.25) is 0 Å². The van der Waals surface area contributed by atoms with E-state index in [2.05, 4.69) is 15.5 Å². The van der Waals surface area contributed by atoms with Crippen molar-refractivity contribution in [1.29, 1.82) is 0 Å². The number of anilines is 1. The number of amides is 1. The average molecular weight is 262 g/mol. The number of nitrogens with one attached hydrogen (secondary N) is 1. The molecule has 1 aromatic rings. The van der Waals surface area contributed by atoms with Gasteiger partial charge in [0.25, 0.3) is 0 Å². The fourth-order valence-electron chi connectivity index (χ4n) is 1.84. The average Bonchev–Trinajstić information content (AvgIpc) is 2.47. The minimum atomic E-state index is -0.237. The van der Waals surface area contributed by atoms with Crippen LogP contribution in [0, 0.1) is 0 Å². The predicted molar refractivity (Wildman–Crippen MR) is 73.1 cm³/mol. The summed E-state index contributed by atoms with van der Waals surface area (Å²) in [7, 11) is 0. The van der Waals surface area contributed by atoms with E-state index in [4.69, 9.17) is 4.74 Å². The van der Waals surface area contributed by atoms with Crippen molar-refractivity contribution in [1.82, 2.24) is 9.88 Å². The Bertz CT molecular complexity index is 437. The second-order valence-electron chi connectivity index (χ2n) is 4.19. The molecule has 1 N–H and O–H groups in total. The van der Waals surface area contributed by atoms with Crippen LogP contribution in [0.3, 0.4) is 0 Å². The molecule has 2 heterocycles. The molecule has 1 aromatic heterocycles. The fraction of sp³-hybridized carbons (Fsp3) is 0.462. The lowest BCUT2D eigenvalue weighted by Crippen LogP contribution is -2.39. The van der Waals surface area contributed by atoms with E-state index in [1.165, 1.54) is 0 Å². The maximum atomic E-state index is 11.5. The van der Waals surface area contributed by atoms with Gasteiger partial charge in [-0.15, -0.1) is 0 Å². The first-order valence-electron chi connectivity index (χ1n) is 6.43. The van der Waals surface area contributed by atoms with Crippen molar-refractivity contribution in [3.8, 4) is 0 Å². The van der Waals surface area contributed by atoms with E-state index in [0.717, 1.165) is 24.4 Å². The van der Waals surface area contributed by atoms with Crippen molar-refractivity contribution < 1.29 is 9.53 Å². The first kappa shape index (κ1) is 13.3. The molecule has 0 atom stereocenters. The highest BCUT2D eigenvalue weighted by atomic mass is 16.6. The third-order valence-electron chi connectivity index (χ3n) is 2.86. The highest BCUT2D eigenvalue weighted by molar-refractivity contribution is 5.87. The van der Waals surface area contributed by atoms with Gasteiger partial charge in [0, 0.05) is 37.8 Å². The molecule has 1 aliphatic rings. The normalized spacial score (nSPS) is 15.0. The predicted octanol–water partition coefficient (Wildman–Crippen LogP) is 2.10. The molecule has 6 heteroatoms. The van der Waals surface area contributed by atoms with Crippen LogP contribution in [-0.2, 0) is 4.74 Å². The molecular formula is C13H18N4O2. The van der Waals surface area contributed by atoms with Crippen molar-refractivity contribution in [2.75, 3.05) is 25.1 Å². The molecule has 0 radical (unpaired) electrons. The van der Waals surface area contributed by atoms with Crippen molar-refractivity contribution in [2.45, 2.75) is 19.8 Å². The van der Waals surface area contributed by atoms with E-state index >= 15 is 0 Å². The molecule has 6 nitrogen and oxygen atoms in total. The summed E-state index contributed by atoms with van der Waals surface area (Å²) in [5.74, 6) is 0.725. The van der Waals surface area contributed by atoms with E-state index < -0.39 is 0 Å². The van der Waals surface area contributed by atoms with Gasteiger partial charge in [-0.2, -0.15) is 5.10 Å². The number of piperidine rings is 1. The van der Waals surface area contributed by atoms with Crippen molar-refractivity contribution in [3.05, 3.63) is 24.4 Å². The number of likely N-dealkylation sites (tertiary alicyclic amines) is 1. The number of pyridine rings is 1. The van der Waals surface area contributed by atoms with Crippen LogP contribution >= 0.6 is 0 Å². The zero-order chi connectivity index (χ0) is 13.5. The van der Waals surface area contributed by atoms with Gasteiger partial charge in [0.15, 0.2) is 0 Å². The molecular weight excluding hydrogens is 244 g/mol. The Labute approximate surface area is 112 Å². The van der Waals surface area contributed by atoms with Crippen molar-refractivity contribution >= 4 is 17.6 Å². The second kappa shape index (κ2) is 6.72. The lowest BCUT2D eigenvalue weighted by molar-refractivity contribution is 0.107. The Kier molecular flexibility index (Phi) is 4.72. The molecule has 102 valence electrons. The smallest absolute Gasteiger partial charge is 0.409 e. The number of aromatic nitrogens is 1. The van der Waals surface area contributed by atoms with Crippen molar-refractivity contribution in [2.24, 2.45) is 5.10 Å². The minimum absolute atomic E-state index is 0.237. The van der Waals surface area contributed by atoms with Crippen LogP contribution in [0.15, 0.2) is 29.5 Å². The maximum absolute atomic E-state index is 11.5. The van der Waals surface area contributed by atoms with Crippen LogP contribution < -0.4 is 5.43 Å². The van der Waals surface area contributed by atoms with E-state index in [9.17, 15) is 4.79 Å². The third-order valence-corrected chi connectivity index (χ3v) is 2.86. The molecule has 1 saturated heterocycles. The van der Waals surface area contributed by atoms with E-state index in [1.807, 2.05) is 25.1 Å². The Hall–Kier alpha value is -2.11. The molecule has 1 aliphatic heterocycles. The third kappa shape index (κ3) is 3.94. The van der Waals surface area contributed by atoms with Crippen LogP contribution in [0.4, 0.5) is 10.6 Å². The number of rotatable bonds is 3. The Morgan fingerprint density at radius 2 is 2.26 bits per heavy atom. The van der Waals surface area contributed by atoms with E-state index in [-0.39, 0.29) is 6.09 Å². The molecule has 0 aliphatic carbocycles. The lowest BCUT2D eigenvalue weighted by Gasteiger charge is -2.26. The van der Waals surface area contributed by atoms with Gasteiger partial charge in [-0.25, -0.2) is 9.78 Å². The highest BCUT2D eigenvalue weighted by Gasteiger charge is 2.20. The van der Waals surface area contributed by atoms with Crippen LogP contribution in [-0.4, -0.2) is 41.4 Å². The van der Waals surface area contributed by atoms with Gasteiger partial charge in [-0.3, -0.25) is 5.43 Å². The highest BCUT2D eigenvalue weighted by Crippen LogP contribution is 2.10. The molecule has 19 heavy (non-hydrogen) atoms. The summed E-state index contributed by atoms with van der Waals surface area (Å²) in [6, 6.07) is 5.62. The van der Waals surface area contributed by atoms with Gasteiger partial charge in [0.1, 0.15) is 5.82 Å². The number of hydrogen-bond donors (Lipinski definition) is 1. The summed E-state index contributed by atoms with van der Waals surface area (Å²) in [5, 5.41) is 4.32. The summed E-state index contributed by atoms with van der Waals surface area (Å²) in [5.41, 5.74) is 3.97. The Balaban J connectivity index is 1.81. The fourth-order valence-corrected chi connectivity index (χ4v) is 1.84. The molecule has 0 aromatic carbocycles. The van der Waals surface area contributed by atoms with Gasteiger partial charge in [0.2, 0.25) is 0 Å². The number of nitrogens with zero attached hydrogens (tertiary/aromatic N) is 3. The summed E-state index contributed by atoms with van der Waals surface area (Å²) < 4.78 is 4.97. The molecule has 0 bridgehead atoms. The maximum Gasteiger partial charge on any atom is 0.409 e. The summed E-state index contributed by atoms with van der Waals surface area (Å²) in [6.07, 6.45) is 3.00. The zero-order valence-corrected chi connectivity index (χ0v) is 11.0. The number of ether oxygens (including phenoxy) is 1. The quantitative estimate of drug-likeness (QED) is 0.847. The van der Waals surface area contributed by atoms with Gasteiger partial charge < -0.3 is 9.64 Å². The molecule has 0 saturated carbocycles. The number of hydrazone groups is 1. The second-order valence-corrected chi connectivity index (χ2v) is 4.19. The Morgan fingerprint density at radius 1 is 1.47 bits per heavy atom. The summed E-state index contributed by atoms with van der Waals surface area (Å²) in [4.78, 5) is 17.4. The van der Waals surface area contributed by atoms with Gasteiger partial charge in [0.05, 0.1) is 6.61 Å². The topological polar surface area (TPSA) is 66.8 Å². The van der Waals surface area contributed by atoms with Crippen molar-refractivity contribution in [3.63, 3.8) is 0 Å². The Morgan fingerprint density at radius 3 is 2.89 bits per heavy atom. The zero-order valence-electron chi connectivity index (χ0n) is 11.0. The van der Waals surface area contributed by atoms with Crippen LogP contribution in [0.5, 0.6) is 0 Å².